The highest BCUT2D eigenvalue weighted by molar-refractivity contribution is 7.07. The summed E-state index contributed by atoms with van der Waals surface area (Å²) in [6.07, 6.45) is 3.84. The van der Waals surface area contributed by atoms with E-state index in [-0.39, 0.29) is 5.91 Å². The molecule has 1 saturated heterocycles. The van der Waals surface area contributed by atoms with Gasteiger partial charge in [-0.05, 0) is 60.5 Å². The van der Waals surface area contributed by atoms with Gasteiger partial charge in [0.2, 0.25) is 0 Å². The zero-order valence-corrected chi connectivity index (χ0v) is 13.5. The lowest BCUT2D eigenvalue weighted by Gasteiger charge is -2.34. The minimum atomic E-state index is 0.0119. The first-order valence-corrected chi connectivity index (χ1v) is 8.88. The Hall–Kier alpha value is -1.65. The average molecular weight is 314 g/mol. The van der Waals surface area contributed by atoms with Crippen LogP contribution in [0.3, 0.4) is 0 Å². The van der Waals surface area contributed by atoms with Crippen LogP contribution >= 0.6 is 11.3 Å². The Kier molecular flexibility index (Phi) is 5.24. The summed E-state index contributed by atoms with van der Waals surface area (Å²) >= 11 is 1.72. The van der Waals surface area contributed by atoms with Crippen LogP contribution < -0.4 is 5.32 Å². The van der Waals surface area contributed by atoms with Gasteiger partial charge in [-0.25, -0.2) is 0 Å². The number of benzene rings is 1. The first kappa shape index (κ1) is 15.3. The summed E-state index contributed by atoms with van der Waals surface area (Å²) in [6, 6.07) is 11.9. The molecule has 2 aromatic rings. The molecule has 0 spiro atoms. The van der Waals surface area contributed by atoms with Crippen molar-refractivity contribution in [3.63, 3.8) is 0 Å². The number of carbonyl (C=O) groups is 1. The number of amides is 1. The molecule has 1 aromatic carbocycles. The molecule has 1 amide bonds. The first-order chi connectivity index (χ1) is 10.8. The van der Waals surface area contributed by atoms with Crippen LogP contribution in [-0.4, -0.2) is 30.4 Å². The summed E-state index contributed by atoms with van der Waals surface area (Å²) < 4.78 is 0. The Bertz CT molecular complexity index is 576. The van der Waals surface area contributed by atoms with Crippen LogP contribution in [0.4, 0.5) is 0 Å². The third-order valence-corrected chi connectivity index (χ3v) is 4.95. The van der Waals surface area contributed by atoms with Crippen LogP contribution in [0.25, 0.3) is 0 Å². The van der Waals surface area contributed by atoms with Gasteiger partial charge in [0.05, 0.1) is 6.04 Å². The fourth-order valence-electron chi connectivity index (χ4n) is 3.03. The second-order valence-electron chi connectivity index (χ2n) is 5.75. The molecule has 116 valence electrons. The van der Waals surface area contributed by atoms with Gasteiger partial charge in [0.25, 0.3) is 5.91 Å². The molecule has 0 radical (unpaired) electrons. The molecule has 3 nitrogen and oxygen atoms in total. The second-order valence-corrected chi connectivity index (χ2v) is 6.53. The molecule has 1 aliphatic rings. The number of carbonyl (C=O) groups excluding carboxylic acids is 1. The van der Waals surface area contributed by atoms with E-state index >= 15 is 0 Å². The molecule has 3 rings (SSSR count). The van der Waals surface area contributed by atoms with E-state index in [1.165, 1.54) is 24.8 Å². The molecule has 1 aromatic heterocycles. The predicted octanol–water partition coefficient (Wildman–Crippen LogP) is 3.71. The van der Waals surface area contributed by atoms with Gasteiger partial charge in [0, 0.05) is 12.1 Å². The highest BCUT2D eigenvalue weighted by atomic mass is 32.1. The Balaban J connectivity index is 1.66. The van der Waals surface area contributed by atoms with Crippen LogP contribution in [0.15, 0.2) is 47.2 Å². The fraction of sp³-hybridized carbons (Fsp3) is 0.389. The minimum absolute atomic E-state index is 0.0119. The van der Waals surface area contributed by atoms with Crippen molar-refractivity contribution in [2.45, 2.75) is 25.3 Å². The summed E-state index contributed by atoms with van der Waals surface area (Å²) in [6.45, 7) is 2.92. The Labute approximate surface area is 136 Å². The molecule has 1 N–H and O–H groups in total. The first-order valence-electron chi connectivity index (χ1n) is 7.94. The number of nitrogens with zero attached hydrogens (tertiary/aromatic N) is 1. The van der Waals surface area contributed by atoms with Crippen molar-refractivity contribution in [2.75, 3.05) is 19.6 Å². The van der Waals surface area contributed by atoms with Crippen LogP contribution in [0.2, 0.25) is 0 Å². The number of rotatable bonds is 5. The zero-order valence-electron chi connectivity index (χ0n) is 12.7. The molecule has 1 fully saturated rings. The molecule has 1 atom stereocenters. The largest absolute Gasteiger partial charge is 0.350 e. The molecule has 1 unspecified atom stereocenters. The van der Waals surface area contributed by atoms with Crippen molar-refractivity contribution in [3.05, 3.63) is 58.3 Å². The van der Waals surface area contributed by atoms with Crippen LogP contribution in [0.5, 0.6) is 0 Å². The highest BCUT2D eigenvalue weighted by Gasteiger charge is 2.23. The van der Waals surface area contributed by atoms with E-state index in [9.17, 15) is 4.79 Å². The second kappa shape index (κ2) is 7.56. The normalized spacial score (nSPS) is 17.1. The van der Waals surface area contributed by atoms with E-state index in [1.54, 1.807) is 11.3 Å². The van der Waals surface area contributed by atoms with Crippen LogP contribution in [0, 0.1) is 0 Å². The number of likely N-dealkylation sites (tertiary alicyclic amines) is 1. The molecular weight excluding hydrogens is 292 g/mol. The standard InChI is InChI=1S/C18H22N2OS/c21-18(15-7-3-1-4-8-15)19-13-17(16-9-12-22-14-16)20-10-5-2-6-11-20/h1,3-4,7-9,12,14,17H,2,5-6,10-11,13H2,(H,19,21). The molecule has 22 heavy (non-hydrogen) atoms. The Morgan fingerprint density at radius 3 is 2.59 bits per heavy atom. The van der Waals surface area contributed by atoms with Crippen LogP contribution in [-0.2, 0) is 0 Å². The molecule has 0 aliphatic carbocycles. The Morgan fingerprint density at radius 1 is 1.14 bits per heavy atom. The summed E-state index contributed by atoms with van der Waals surface area (Å²) in [5.41, 5.74) is 2.05. The van der Waals surface area contributed by atoms with Crippen molar-refractivity contribution >= 4 is 17.2 Å². The molecule has 1 aliphatic heterocycles. The van der Waals surface area contributed by atoms with Crippen LogP contribution in [0.1, 0.15) is 41.2 Å². The van der Waals surface area contributed by atoms with Crippen molar-refractivity contribution in [1.82, 2.24) is 10.2 Å². The molecule has 0 bridgehead atoms. The van der Waals surface area contributed by atoms with Gasteiger partial charge in [-0.2, -0.15) is 11.3 Å². The summed E-state index contributed by atoms with van der Waals surface area (Å²) in [4.78, 5) is 14.8. The van der Waals surface area contributed by atoms with E-state index in [2.05, 4.69) is 27.0 Å². The lowest BCUT2D eigenvalue weighted by atomic mass is 10.0. The predicted molar refractivity (Wildman–Crippen MR) is 91.3 cm³/mol. The van der Waals surface area contributed by atoms with Gasteiger partial charge in [0.15, 0.2) is 0 Å². The van der Waals surface area contributed by atoms with E-state index in [1.807, 2.05) is 30.3 Å². The molecule has 4 heteroatoms. The topological polar surface area (TPSA) is 32.3 Å². The quantitative estimate of drug-likeness (QED) is 0.912. The van der Waals surface area contributed by atoms with Gasteiger partial charge in [-0.15, -0.1) is 0 Å². The third-order valence-electron chi connectivity index (χ3n) is 4.25. The van der Waals surface area contributed by atoms with E-state index in [0.29, 0.717) is 12.6 Å². The third kappa shape index (κ3) is 3.76. The van der Waals surface area contributed by atoms with E-state index in [0.717, 1.165) is 18.7 Å². The lowest BCUT2D eigenvalue weighted by molar-refractivity contribution is 0.0924. The number of piperidine rings is 1. The zero-order chi connectivity index (χ0) is 15.2. The Morgan fingerprint density at radius 2 is 1.91 bits per heavy atom. The number of nitrogens with one attached hydrogen (secondary N) is 1. The van der Waals surface area contributed by atoms with Crippen molar-refractivity contribution in [2.24, 2.45) is 0 Å². The number of thiophene rings is 1. The fourth-order valence-corrected chi connectivity index (χ4v) is 3.74. The van der Waals surface area contributed by atoms with Gasteiger partial charge in [-0.1, -0.05) is 24.6 Å². The SMILES string of the molecule is O=C(NCC(c1ccsc1)N1CCCCC1)c1ccccc1. The highest BCUT2D eigenvalue weighted by Crippen LogP contribution is 2.25. The monoisotopic (exact) mass is 314 g/mol. The molecule has 0 saturated carbocycles. The van der Waals surface area contributed by atoms with E-state index < -0.39 is 0 Å². The summed E-state index contributed by atoms with van der Waals surface area (Å²) in [5, 5.41) is 7.43. The maximum Gasteiger partial charge on any atom is 0.251 e. The van der Waals surface area contributed by atoms with Gasteiger partial charge in [0.1, 0.15) is 0 Å². The summed E-state index contributed by atoms with van der Waals surface area (Å²) in [5.74, 6) is 0.0119. The van der Waals surface area contributed by atoms with Crippen molar-refractivity contribution in [3.8, 4) is 0 Å². The van der Waals surface area contributed by atoms with Crippen molar-refractivity contribution < 1.29 is 4.79 Å². The minimum Gasteiger partial charge on any atom is -0.350 e. The average Bonchev–Trinajstić information content (AvgIpc) is 3.11. The molecular formula is C18H22N2OS. The maximum absolute atomic E-state index is 12.3. The van der Waals surface area contributed by atoms with Gasteiger partial charge >= 0.3 is 0 Å². The van der Waals surface area contributed by atoms with E-state index in [4.69, 9.17) is 0 Å². The number of hydrogen-bond donors (Lipinski definition) is 1. The number of hydrogen-bond acceptors (Lipinski definition) is 3. The maximum atomic E-state index is 12.3. The van der Waals surface area contributed by atoms with Gasteiger partial charge in [-0.3, -0.25) is 9.69 Å². The lowest BCUT2D eigenvalue weighted by Crippen LogP contribution is -2.40. The molecule has 2 heterocycles. The smallest absolute Gasteiger partial charge is 0.251 e. The summed E-state index contributed by atoms with van der Waals surface area (Å²) in [7, 11) is 0. The van der Waals surface area contributed by atoms with Gasteiger partial charge < -0.3 is 5.32 Å². The van der Waals surface area contributed by atoms with Crippen molar-refractivity contribution in [1.29, 1.82) is 0 Å².